The number of ketones is 1. The number of nitrogens with zero attached hydrogens (tertiary/aromatic N) is 1. The Labute approximate surface area is 101 Å². The molecule has 0 amide bonds. The molecule has 1 aromatic heterocycles. The lowest BCUT2D eigenvalue weighted by Crippen LogP contribution is -2.11. The van der Waals surface area contributed by atoms with Crippen molar-refractivity contribution in [2.24, 2.45) is 0 Å². The maximum atomic E-state index is 12.4. The van der Waals surface area contributed by atoms with Gasteiger partial charge in [-0.2, -0.15) is 5.10 Å². The van der Waals surface area contributed by atoms with Crippen molar-refractivity contribution in [3.05, 3.63) is 52.8 Å². The molecule has 2 aromatic rings. The summed E-state index contributed by atoms with van der Waals surface area (Å²) >= 11 is 0. The van der Waals surface area contributed by atoms with Gasteiger partial charge in [-0.1, -0.05) is 37.3 Å². The maximum Gasteiger partial charge on any atom is 0.173 e. The standard InChI is InChI=1S/C14H16N2O/c1-9(12-7-5-4-6-8-12)14(17)13-10(2)15-16-11(13)3/h4-9H,1-3H3,(H,15,16). The molecule has 1 unspecified atom stereocenters. The summed E-state index contributed by atoms with van der Waals surface area (Å²) < 4.78 is 0. The fourth-order valence-corrected chi connectivity index (χ4v) is 2.02. The lowest BCUT2D eigenvalue weighted by molar-refractivity contribution is 0.0965. The number of Topliss-reactive ketones (excluding diaryl/α,β-unsaturated/α-hetero) is 1. The van der Waals surface area contributed by atoms with Gasteiger partial charge in [-0.05, 0) is 19.4 Å². The van der Waals surface area contributed by atoms with Crippen LogP contribution in [0.15, 0.2) is 30.3 Å². The van der Waals surface area contributed by atoms with E-state index in [0.29, 0.717) is 0 Å². The molecule has 0 radical (unpaired) electrons. The molecule has 0 spiro atoms. The topological polar surface area (TPSA) is 45.8 Å². The SMILES string of the molecule is Cc1n[nH]c(C)c1C(=O)C(C)c1ccccc1. The van der Waals surface area contributed by atoms with Crippen molar-refractivity contribution in [1.29, 1.82) is 0 Å². The third-order valence-corrected chi connectivity index (χ3v) is 3.07. The van der Waals surface area contributed by atoms with Crippen molar-refractivity contribution in [2.45, 2.75) is 26.7 Å². The molecule has 0 saturated heterocycles. The summed E-state index contributed by atoms with van der Waals surface area (Å²) in [4.78, 5) is 12.4. The molecule has 0 aliphatic carbocycles. The zero-order valence-electron chi connectivity index (χ0n) is 10.3. The molecular formula is C14H16N2O. The summed E-state index contributed by atoms with van der Waals surface area (Å²) in [5, 5.41) is 6.92. The van der Waals surface area contributed by atoms with Crippen molar-refractivity contribution < 1.29 is 4.79 Å². The summed E-state index contributed by atoms with van der Waals surface area (Å²) in [6.07, 6.45) is 0. The second-order valence-electron chi connectivity index (χ2n) is 4.31. The first kappa shape index (κ1) is 11.6. The molecule has 3 nitrogen and oxygen atoms in total. The van der Waals surface area contributed by atoms with Crippen molar-refractivity contribution >= 4 is 5.78 Å². The van der Waals surface area contributed by atoms with Gasteiger partial charge < -0.3 is 0 Å². The van der Waals surface area contributed by atoms with Crippen molar-refractivity contribution in [2.75, 3.05) is 0 Å². The van der Waals surface area contributed by atoms with E-state index >= 15 is 0 Å². The highest BCUT2D eigenvalue weighted by Gasteiger charge is 2.22. The van der Waals surface area contributed by atoms with E-state index in [1.165, 1.54) is 0 Å². The molecule has 88 valence electrons. The summed E-state index contributed by atoms with van der Waals surface area (Å²) in [5.74, 6) is -0.00819. The van der Waals surface area contributed by atoms with Crippen LogP contribution >= 0.6 is 0 Å². The Hall–Kier alpha value is -1.90. The molecule has 1 atom stereocenters. The first-order valence-corrected chi connectivity index (χ1v) is 5.72. The number of nitrogens with one attached hydrogen (secondary N) is 1. The highest BCUT2D eigenvalue weighted by Crippen LogP contribution is 2.22. The monoisotopic (exact) mass is 228 g/mol. The zero-order chi connectivity index (χ0) is 12.4. The van der Waals surface area contributed by atoms with Gasteiger partial charge in [-0.15, -0.1) is 0 Å². The van der Waals surface area contributed by atoms with Crippen LogP contribution in [0, 0.1) is 13.8 Å². The van der Waals surface area contributed by atoms with Crippen LogP contribution < -0.4 is 0 Å². The second kappa shape index (κ2) is 4.53. The van der Waals surface area contributed by atoms with E-state index < -0.39 is 0 Å². The number of hydrogen-bond acceptors (Lipinski definition) is 2. The van der Waals surface area contributed by atoms with Crippen LogP contribution in [-0.2, 0) is 0 Å². The molecule has 0 aliphatic rings. The Kier molecular flexibility index (Phi) is 3.09. The molecule has 17 heavy (non-hydrogen) atoms. The third-order valence-electron chi connectivity index (χ3n) is 3.07. The maximum absolute atomic E-state index is 12.4. The predicted octanol–water partition coefficient (Wildman–Crippen LogP) is 3.01. The van der Waals surface area contributed by atoms with E-state index in [1.54, 1.807) is 0 Å². The van der Waals surface area contributed by atoms with E-state index in [1.807, 2.05) is 51.1 Å². The van der Waals surface area contributed by atoms with Crippen molar-refractivity contribution in [3.63, 3.8) is 0 Å². The summed E-state index contributed by atoms with van der Waals surface area (Å²) in [6.45, 7) is 5.67. The first-order valence-electron chi connectivity index (χ1n) is 5.72. The lowest BCUT2D eigenvalue weighted by atomic mass is 9.91. The molecule has 2 rings (SSSR count). The highest BCUT2D eigenvalue weighted by molar-refractivity contribution is 6.02. The smallest absolute Gasteiger partial charge is 0.173 e. The van der Waals surface area contributed by atoms with E-state index in [0.717, 1.165) is 22.5 Å². The number of hydrogen-bond donors (Lipinski definition) is 1. The van der Waals surface area contributed by atoms with Crippen LogP contribution in [-0.4, -0.2) is 16.0 Å². The minimum atomic E-state index is -0.133. The van der Waals surface area contributed by atoms with Crippen molar-refractivity contribution in [1.82, 2.24) is 10.2 Å². The van der Waals surface area contributed by atoms with E-state index in [2.05, 4.69) is 10.2 Å². The van der Waals surface area contributed by atoms with Crippen LogP contribution in [0.25, 0.3) is 0 Å². The van der Waals surface area contributed by atoms with E-state index in [4.69, 9.17) is 0 Å². The lowest BCUT2D eigenvalue weighted by Gasteiger charge is -2.10. The van der Waals surface area contributed by atoms with Gasteiger partial charge in [0.15, 0.2) is 5.78 Å². The van der Waals surface area contributed by atoms with E-state index in [-0.39, 0.29) is 11.7 Å². The summed E-state index contributed by atoms with van der Waals surface area (Å²) in [6, 6.07) is 9.82. The summed E-state index contributed by atoms with van der Waals surface area (Å²) in [7, 11) is 0. The van der Waals surface area contributed by atoms with Gasteiger partial charge in [-0.3, -0.25) is 9.89 Å². The molecule has 1 aromatic carbocycles. The number of H-pyrrole nitrogens is 1. The summed E-state index contributed by atoms with van der Waals surface area (Å²) in [5.41, 5.74) is 3.38. The minimum Gasteiger partial charge on any atom is -0.293 e. The number of aromatic amines is 1. The van der Waals surface area contributed by atoms with Gasteiger partial charge in [0.25, 0.3) is 0 Å². The number of rotatable bonds is 3. The van der Waals surface area contributed by atoms with E-state index in [9.17, 15) is 4.79 Å². The van der Waals surface area contributed by atoms with Gasteiger partial charge in [0, 0.05) is 11.6 Å². The number of aromatic nitrogens is 2. The quantitative estimate of drug-likeness (QED) is 0.821. The number of benzene rings is 1. The van der Waals surface area contributed by atoms with Gasteiger partial charge in [0.05, 0.1) is 11.3 Å². The number of aryl methyl sites for hydroxylation is 2. The largest absolute Gasteiger partial charge is 0.293 e. The van der Waals surface area contributed by atoms with Crippen LogP contribution in [0.5, 0.6) is 0 Å². The average molecular weight is 228 g/mol. The fourth-order valence-electron chi connectivity index (χ4n) is 2.02. The molecule has 1 heterocycles. The second-order valence-corrected chi connectivity index (χ2v) is 4.31. The van der Waals surface area contributed by atoms with Crippen LogP contribution in [0.2, 0.25) is 0 Å². The minimum absolute atomic E-state index is 0.125. The fraction of sp³-hybridized carbons (Fsp3) is 0.286. The number of carbonyl (C=O) groups is 1. The average Bonchev–Trinajstić information content (AvgIpc) is 2.68. The molecule has 0 fully saturated rings. The molecule has 0 bridgehead atoms. The van der Waals surface area contributed by atoms with Gasteiger partial charge in [0.2, 0.25) is 0 Å². The van der Waals surface area contributed by atoms with Crippen LogP contribution in [0.4, 0.5) is 0 Å². The van der Waals surface area contributed by atoms with Crippen LogP contribution in [0.3, 0.4) is 0 Å². The Bertz CT molecular complexity index is 509. The molecule has 3 heteroatoms. The zero-order valence-corrected chi connectivity index (χ0v) is 10.3. The first-order chi connectivity index (χ1) is 8.11. The van der Waals surface area contributed by atoms with Crippen LogP contribution in [0.1, 0.15) is 40.2 Å². The molecule has 1 N–H and O–H groups in total. The van der Waals surface area contributed by atoms with Gasteiger partial charge in [0.1, 0.15) is 0 Å². The Morgan fingerprint density at radius 3 is 2.41 bits per heavy atom. The predicted molar refractivity (Wildman–Crippen MR) is 67.2 cm³/mol. The van der Waals surface area contributed by atoms with Crippen molar-refractivity contribution in [3.8, 4) is 0 Å². The normalized spacial score (nSPS) is 12.4. The Morgan fingerprint density at radius 1 is 1.24 bits per heavy atom. The Morgan fingerprint density at radius 2 is 1.88 bits per heavy atom. The number of carbonyl (C=O) groups excluding carboxylic acids is 1. The molecule has 0 aliphatic heterocycles. The van der Waals surface area contributed by atoms with Gasteiger partial charge >= 0.3 is 0 Å². The van der Waals surface area contributed by atoms with Gasteiger partial charge in [-0.25, -0.2) is 0 Å². The third kappa shape index (κ3) is 2.13. The molecule has 0 saturated carbocycles. The molecular weight excluding hydrogens is 212 g/mol. The Balaban J connectivity index is 2.33. The highest BCUT2D eigenvalue weighted by atomic mass is 16.1.